The first-order valence-corrected chi connectivity index (χ1v) is 11.3. The topological polar surface area (TPSA) is 82.9 Å². The Kier molecular flexibility index (Phi) is 5.82. The third-order valence-corrected chi connectivity index (χ3v) is 6.32. The van der Waals surface area contributed by atoms with E-state index in [0.29, 0.717) is 50.2 Å². The first-order chi connectivity index (χ1) is 16.9. The van der Waals surface area contributed by atoms with Gasteiger partial charge in [0, 0.05) is 17.6 Å². The third-order valence-electron chi connectivity index (χ3n) is 6.08. The van der Waals surface area contributed by atoms with E-state index in [-0.39, 0.29) is 18.3 Å². The predicted octanol–water partition coefficient (Wildman–Crippen LogP) is 4.61. The molecule has 0 bridgehead atoms. The zero-order valence-corrected chi connectivity index (χ0v) is 20.1. The maximum Gasteiger partial charge on any atom is 0.266 e. The Hall–Kier alpha value is -4.04. The maximum atomic E-state index is 13.6. The lowest BCUT2D eigenvalue weighted by Crippen LogP contribution is -2.34. The van der Waals surface area contributed by atoms with Crippen molar-refractivity contribution < 1.29 is 19.0 Å². The molecule has 0 aliphatic carbocycles. The van der Waals surface area contributed by atoms with Crippen LogP contribution in [0, 0.1) is 0 Å². The highest BCUT2D eigenvalue weighted by Crippen LogP contribution is 2.33. The van der Waals surface area contributed by atoms with E-state index < -0.39 is 6.04 Å². The average molecular weight is 492 g/mol. The van der Waals surface area contributed by atoms with E-state index in [2.05, 4.69) is 0 Å². The summed E-state index contributed by atoms with van der Waals surface area (Å²) < 4.78 is 17.5. The van der Waals surface area contributed by atoms with Crippen LogP contribution in [0.3, 0.4) is 0 Å². The van der Waals surface area contributed by atoms with Crippen molar-refractivity contribution in [2.24, 2.45) is 0 Å². The summed E-state index contributed by atoms with van der Waals surface area (Å²) >= 11 is 6.18. The molecule has 1 aliphatic rings. The minimum absolute atomic E-state index is 0.122. The molecule has 0 spiro atoms. The minimum Gasteiger partial charge on any atom is -0.497 e. The summed E-state index contributed by atoms with van der Waals surface area (Å²) in [6.07, 6.45) is 0. The van der Waals surface area contributed by atoms with Gasteiger partial charge < -0.3 is 19.1 Å². The molecule has 9 heteroatoms. The van der Waals surface area contributed by atoms with E-state index in [1.165, 1.54) is 9.47 Å². The van der Waals surface area contributed by atoms with E-state index in [1.54, 1.807) is 74.8 Å². The molecule has 0 N–H and O–H groups in total. The number of aromatic nitrogens is 2. The van der Waals surface area contributed by atoms with E-state index >= 15 is 0 Å². The van der Waals surface area contributed by atoms with Crippen molar-refractivity contribution >= 4 is 28.4 Å². The number of hydrogen-bond donors (Lipinski definition) is 0. The monoisotopic (exact) mass is 491 g/mol. The fourth-order valence-electron chi connectivity index (χ4n) is 4.02. The Morgan fingerprint density at radius 1 is 1.09 bits per heavy atom. The van der Waals surface area contributed by atoms with Gasteiger partial charge in [-0.25, -0.2) is 4.98 Å². The summed E-state index contributed by atoms with van der Waals surface area (Å²) in [5.41, 5.74) is 1.23. The van der Waals surface area contributed by atoms with Crippen molar-refractivity contribution in [3.63, 3.8) is 0 Å². The Labute approximate surface area is 206 Å². The zero-order valence-electron chi connectivity index (χ0n) is 19.3. The van der Waals surface area contributed by atoms with Gasteiger partial charge in [-0.3, -0.25) is 14.2 Å². The van der Waals surface area contributed by atoms with Crippen LogP contribution in [0.25, 0.3) is 16.6 Å². The highest BCUT2D eigenvalue weighted by Gasteiger charge is 2.26. The second-order valence-corrected chi connectivity index (χ2v) is 8.57. The van der Waals surface area contributed by atoms with Crippen LogP contribution >= 0.6 is 11.6 Å². The van der Waals surface area contributed by atoms with E-state index in [0.717, 1.165) is 0 Å². The summed E-state index contributed by atoms with van der Waals surface area (Å²) in [5.74, 6) is 1.92. The largest absolute Gasteiger partial charge is 0.497 e. The van der Waals surface area contributed by atoms with Crippen molar-refractivity contribution in [3.05, 3.63) is 87.4 Å². The second kappa shape index (κ2) is 8.96. The lowest BCUT2D eigenvalue weighted by atomic mass is 10.1. The molecule has 0 saturated heterocycles. The number of nitrogens with zero attached hydrogens (tertiary/aromatic N) is 3. The van der Waals surface area contributed by atoms with Crippen LogP contribution in [0.15, 0.2) is 65.5 Å². The van der Waals surface area contributed by atoms with E-state index in [4.69, 9.17) is 30.8 Å². The van der Waals surface area contributed by atoms with Gasteiger partial charge in [-0.1, -0.05) is 11.6 Å². The first-order valence-electron chi connectivity index (χ1n) is 10.9. The number of carbonyl (C=O) groups is 1. The van der Waals surface area contributed by atoms with Crippen molar-refractivity contribution in [2.45, 2.75) is 13.0 Å². The molecule has 2 heterocycles. The van der Waals surface area contributed by atoms with Gasteiger partial charge in [0.25, 0.3) is 11.5 Å². The minimum atomic E-state index is -0.564. The molecule has 0 fully saturated rings. The van der Waals surface area contributed by atoms with Crippen molar-refractivity contribution in [1.82, 2.24) is 14.5 Å². The highest BCUT2D eigenvalue weighted by atomic mass is 35.5. The van der Waals surface area contributed by atoms with Crippen LogP contribution in [0.2, 0.25) is 5.02 Å². The van der Waals surface area contributed by atoms with Crippen LogP contribution in [-0.4, -0.2) is 41.3 Å². The van der Waals surface area contributed by atoms with Gasteiger partial charge in [-0.05, 0) is 67.6 Å². The molecular weight excluding hydrogens is 470 g/mol. The molecule has 8 nitrogen and oxygen atoms in total. The summed E-state index contributed by atoms with van der Waals surface area (Å²) in [4.78, 5) is 33.3. The van der Waals surface area contributed by atoms with E-state index in [1.807, 2.05) is 6.92 Å². The smallest absolute Gasteiger partial charge is 0.266 e. The number of ether oxygens (including phenoxy) is 3. The van der Waals surface area contributed by atoms with Gasteiger partial charge >= 0.3 is 0 Å². The van der Waals surface area contributed by atoms with Crippen molar-refractivity contribution in [3.8, 4) is 22.9 Å². The van der Waals surface area contributed by atoms with Gasteiger partial charge in [0.15, 0.2) is 11.5 Å². The number of fused-ring (bicyclic) bond motifs is 2. The predicted molar refractivity (Wildman–Crippen MR) is 132 cm³/mol. The van der Waals surface area contributed by atoms with Gasteiger partial charge in [0.2, 0.25) is 6.79 Å². The molecule has 1 unspecified atom stereocenters. The van der Waals surface area contributed by atoms with Crippen LogP contribution in [-0.2, 0) is 0 Å². The number of rotatable bonds is 5. The SMILES string of the molecule is COc1ccc(-n2c(C(C)N(C)C(=O)c3ccc4c(c3)OCO4)nc3cc(Cl)ccc3c2=O)cc1. The molecule has 1 aromatic heterocycles. The Morgan fingerprint density at radius 2 is 1.83 bits per heavy atom. The molecular formula is C26H22ClN3O5. The molecule has 35 heavy (non-hydrogen) atoms. The Morgan fingerprint density at radius 3 is 2.57 bits per heavy atom. The van der Waals surface area contributed by atoms with Gasteiger partial charge in [0.1, 0.15) is 11.6 Å². The fraction of sp³-hybridized carbons (Fsp3) is 0.192. The van der Waals surface area contributed by atoms with Crippen molar-refractivity contribution in [1.29, 1.82) is 0 Å². The zero-order chi connectivity index (χ0) is 24.7. The van der Waals surface area contributed by atoms with Gasteiger partial charge in [-0.2, -0.15) is 0 Å². The molecule has 3 aromatic carbocycles. The lowest BCUT2D eigenvalue weighted by molar-refractivity contribution is 0.0734. The van der Waals surface area contributed by atoms with Crippen molar-refractivity contribution in [2.75, 3.05) is 21.0 Å². The molecule has 1 aliphatic heterocycles. The normalized spacial score (nSPS) is 13.0. The molecule has 4 aromatic rings. The first kappa shape index (κ1) is 22.7. The summed E-state index contributed by atoms with van der Waals surface area (Å²) in [6, 6.07) is 16.5. The third kappa shape index (κ3) is 4.06. The highest BCUT2D eigenvalue weighted by molar-refractivity contribution is 6.31. The maximum absolute atomic E-state index is 13.6. The number of carbonyl (C=O) groups excluding carboxylic acids is 1. The van der Waals surface area contributed by atoms with Gasteiger partial charge in [0.05, 0.1) is 29.7 Å². The Bertz CT molecular complexity index is 1500. The number of hydrogen-bond acceptors (Lipinski definition) is 6. The molecule has 5 rings (SSSR count). The average Bonchev–Trinajstić information content (AvgIpc) is 3.35. The van der Waals surface area contributed by atoms with Gasteiger partial charge in [-0.15, -0.1) is 0 Å². The quantitative estimate of drug-likeness (QED) is 0.405. The van der Waals surface area contributed by atoms with Crippen LogP contribution in [0.1, 0.15) is 29.1 Å². The van der Waals surface area contributed by atoms with Crippen LogP contribution in [0.4, 0.5) is 0 Å². The molecule has 1 amide bonds. The fourth-order valence-corrected chi connectivity index (χ4v) is 4.19. The number of benzene rings is 3. The number of methoxy groups -OCH3 is 1. The van der Waals surface area contributed by atoms with Crippen LogP contribution < -0.4 is 19.8 Å². The van der Waals surface area contributed by atoms with E-state index in [9.17, 15) is 9.59 Å². The number of halogens is 1. The molecule has 0 saturated carbocycles. The summed E-state index contributed by atoms with van der Waals surface area (Å²) in [7, 11) is 3.25. The standard InChI is InChI=1S/C26H22ClN3O5/c1-15(29(2)25(31)16-4-11-22-23(12-16)35-14-34-22)24-28-21-13-17(27)5-10-20(21)26(32)30(24)18-6-8-19(33-3)9-7-18/h4-13,15H,14H2,1-3H3. The summed E-state index contributed by atoms with van der Waals surface area (Å²) in [6.45, 7) is 1.94. The molecule has 1 atom stereocenters. The second-order valence-electron chi connectivity index (χ2n) is 8.13. The Balaban J connectivity index is 1.61. The molecule has 178 valence electrons. The molecule has 0 radical (unpaired) electrons. The summed E-state index contributed by atoms with van der Waals surface area (Å²) in [5, 5.41) is 0.890. The number of amides is 1. The lowest BCUT2D eigenvalue weighted by Gasteiger charge is -2.27. The van der Waals surface area contributed by atoms with Crippen LogP contribution in [0.5, 0.6) is 17.2 Å².